The number of nitriles is 1. The molecule has 0 aromatic carbocycles. The van der Waals surface area contributed by atoms with Crippen molar-refractivity contribution in [2.45, 2.75) is 6.42 Å². The zero-order valence-electron chi connectivity index (χ0n) is 4.79. The van der Waals surface area contributed by atoms with Crippen LogP contribution in [0.5, 0.6) is 0 Å². The van der Waals surface area contributed by atoms with Gasteiger partial charge < -0.3 is 4.52 Å². The number of hydrogen-bond acceptors (Lipinski definition) is 3. The first-order valence-electron chi connectivity index (χ1n) is 2.25. The molecule has 0 rings (SSSR count). The molecule has 0 radical (unpaired) electrons. The van der Waals surface area contributed by atoms with E-state index in [0.29, 0.717) is 13.0 Å². The highest BCUT2D eigenvalue weighted by atomic mass is 31.2. The highest BCUT2D eigenvalue weighted by molar-refractivity contribution is 7.48. The van der Waals surface area contributed by atoms with Gasteiger partial charge in [0.2, 0.25) is 0 Å². The lowest BCUT2D eigenvalue weighted by Gasteiger charge is -2.01. The molecule has 0 aromatic rings. The van der Waals surface area contributed by atoms with Crippen molar-refractivity contribution in [3.05, 3.63) is 0 Å². The first kappa shape index (κ1) is 7.84. The van der Waals surface area contributed by atoms with E-state index in [0.717, 1.165) is 0 Å². The zero-order valence-corrected chi connectivity index (χ0v) is 5.69. The molecular formula is C4H9N2OP. The Hall–Kier alpha value is -0.160. The Morgan fingerprint density at radius 2 is 2.50 bits per heavy atom. The molecule has 0 amide bonds. The average molecular weight is 132 g/mol. The SMILES string of the molecule is C[P@@](N)OCCC#N. The van der Waals surface area contributed by atoms with Crippen molar-refractivity contribution in [1.82, 2.24) is 0 Å². The number of rotatable bonds is 3. The summed E-state index contributed by atoms with van der Waals surface area (Å²) in [7, 11) is -0.763. The maximum atomic E-state index is 8.02. The molecule has 0 spiro atoms. The van der Waals surface area contributed by atoms with Gasteiger partial charge in [-0.15, -0.1) is 0 Å². The number of nitrogens with zero attached hydrogens (tertiary/aromatic N) is 1. The van der Waals surface area contributed by atoms with Crippen LogP contribution in [0.25, 0.3) is 0 Å². The van der Waals surface area contributed by atoms with E-state index >= 15 is 0 Å². The summed E-state index contributed by atoms with van der Waals surface area (Å²) in [6, 6.07) is 1.95. The molecule has 0 aliphatic rings. The summed E-state index contributed by atoms with van der Waals surface area (Å²) in [5, 5.41) is 8.02. The number of hydrogen-bond donors (Lipinski definition) is 1. The van der Waals surface area contributed by atoms with E-state index in [-0.39, 0.29) is 0 Å². The van der Waals surface area contributed by atoms with Crippen molar-refractivity contribution >= 4 is 8.30 Å². The van der Waals surface area contributed by atoms with Crippen LogP contribution >= 0.6 is 8.30 Å². The van der Waals surface area contributed by atoms with Crippen molar-refractivity contribution in [2.75, 3.05) is 13.3 Å². The Balaban J connectivity index is 2.85. The molecule has 0 heterocycles. The summed E-state index contributed by atoms with van der Waals surface area (Å²) in [6.07, 6.45) is 0.434. The fourth-order valence-electron chi connectivity index (χ4n) is 0.235. The normalized spacial score (nSPS) is 12.6. The Kier molecular flexibility index (Phi) is 4.89. The van der Waals surface area contributed by atoms with Crippen LogP contribution in [0.4, 0.5) is 0 Å². The summed E-state index contributed by atoms with van der Waals surface area (Å²) in [5.74, 6) is 0. The minimum absolute atomic E-state index is 0.434. The summed E-state index contributed by atoms with van der Waals surface area (Å²) in [5.41, 5.74) is 5.27. The summed E-state index contributed by atoms with van der Waals surface area (Å²) >= 11 is 0. The van der Waals surface area contributed by atoms with Crippen LogP contribution in [0.1, 0.15) is 6.42 Å². The smallest absolute Gasteiger partial charge is 0.0951 e. The highest BCUT2D eigenvalue weighted by Crippen LogP contribution is 2.19. The van der Waals surface area contributed by atoms with Crippen molar-refractivity contribution in [2.24, 2.45) is 5.50 Å². The van der Waals surface area contributed by atoms with Crippen molar-refractivity contribution < 1.29 is 4.52 Å². The molecule has 0 unspecified atom stereocenters. The third-order valence-corrected chi connectivity index (χ3v) is 1.10. The average Bonchev–Trinajstić information content (AvgIpc) is 1.66. The van der Waals surface area contributed by atoms with E-state index in [2.05, 4.69) is 0 Å². The van der Waals surface area contributed by atoms with Gasteiger partial charge in [-0.25, -0.2) is 0 Å². The molecule has 2 N–H and O–H groups in total. The molecule has 0 saturated carbocycles. The van der Waals surface area contributed by atoms with Crippen LogP contribution in [0, 0.1) is 11.3 Å². The molecule has 4 heteroatoms. The van der Waals surface area contributed by atoms with Crippen molar-refractivity contribution in [1.29, 1.82) is 5.26 Å². The van der Waals surface area contributed by atoms with Gasteiger partial charge in [-0.05, 0) is 6.66 Å². The van der Waals surface area contributed by atoms with E-state index in [1.54, 1.807) is 6.66 Å². The molecule has 46 valence electrons. The van der Waals surface area contributed by atoms with E-state index in [9.17, 15) is 0 Å². The third-order valence-electron chi connectivity index (χ3n) is 0.509. The summed E-state index contributed by atoms with van der Waals surface area (Å²) in [6.45, 7) is 2.27. The molecule has 0 fully saturated rings. The highest BCUT2D eigenvalue weighted by Gasteiger charge is 1.89. The lowest BCUT2D eigenvalue weighted by Crippen LogP contribution is -1.92. The van der Waals surface area contributed by atoms with Gasteiger partial charge in [-0.3, -0.25) is 5.50 Å². The second kappa shape index (κ2) is 4.99. The topological polar surface area (TPSA) is 59.0 Å². The first-order valence-corrected chi connectivity index (χ1v) is 4.03. The predicted octanol–water partition coefficient (Wildman–Crippen LogP) is 0.817. The molecule has 1 atom stereocenters. The standard InChI is InChI=1S/C4H9N2OP/c1-8(6)7-4-2-3-5/h2,4,6H2,1H3/t8-/m0/s1. The molecule has 0 bridgehead atoms. The fourth-order valence-corrected chi connectivity index (χ4v) is 0.615. The van der Waals surface area contributed by atoms with Crippen LogP contribution in [-0.4, -0.2) is 13.3 Å². The second-order valence-corrected chi connectivity index (χ2v) is 2.64. The number of nitrogens with two attached hydrogens (primary N) is 1. The van der Waals surface area contributed by atoms with Crippen molar-refractivity contribution in [3.63, 3.8) is 0 Å². The minimum Gasteiger partial charge on any atom is -0.343 e. The summed E-state index contributed by atoms with van der Waals surface area (Å²) < 4.78 is 4.90. The van der Waals surface area contributed by atoms with Gasteiger partial charge in [-0.1, -0.05) is 0 Å². The molecule has 0 saturated heterocycles. The maximum Gasteiger partial charge on any atom is 0.0951 e. The van der Waals surface area contributed by atoms with Crippen LogP contribution < -0.4 is 5.50 Å². The molecule has 3 nitrogen and oxygen atoms in total. The monoisotopic (exact) mass is 132 g/mol. The lowest BCUT2D eigenvalue weighted by atomic mass is 10.5. The lowest BCUT2D eigenvalue weighted by molar-refractivity contribution is 0.365. The fraction of sp³-hybridized carbons (Fsp3) is 0.750. The quantitative estimate of drug-likeness (QED) is 0.456. The maximum absolute atomic E-state index is 8.02. The van der Waals surface area contributed by atoms with Crippen molar-refractivity contribution in [3.8, 4) is 6.07 Å². The van der Waals surface area contributed by atoms with E-state index in [1.165, 1.54) is 0 Å². The molecular weight excluding hydrogens is 123 g/mol. The Morgan fingerprint density at radius 1 is 1.88 bits per heavy atom. The van der Waals surface area contributed by atoms with Gasteiger partial charge in [-0.2, -0.15) is 5.26 Å². The minimum atomic E-state index is -0.763. The third kappa shape index (κ3) is 5.84. The van der Waals surface area contributed by atoms with Gasteiger partial charge >= 0.3 is 0 Å². The molecule has 8 heavy (non-hydrogen) atoms. The van der Waals surface area contributed by atoms with Gasteiger partial charge in [0.1, 0.15) is 0 Å². The van der Waals surface area contributed by atoms with Gasteiger partial charge in [0.05, 0.1) is 27.4 Å². The summed E-state index contributed by atoms with van der Waals surface area (Å²) in [4.78, 5) is 0. The second-order valence-electron chi connectivity index (χ2n) is 1.29. The predicted molar refractivity (Wildman–Crippen MR) is 33.2 cm³/mol. The van der Waals surface area contributed by atoms with Gasteiger partial charge in [0.15, 0.2) is 0 Å². The van der Waals surface area contributed by atoms with Crippen LogP contribution in [0.3, 0.4) is 0 Å². The van der Waals surface area contributed by atoms with Crippen LogP contribution in [0.2, 0.25) is 0 Å². The zero-order chi connectivity index (χ0) is 6.41. The molecule has 0 aromatic heterocycles. The van der Waals surface area contributed by atoms with E-state index < -0.39 is 8.30 Å². The molecule has 0 aliphatic heterocycles. The van der Waals surface area contributed by atoms with Crippen LogP contribution in [0.15, 0.2) is 0 Å². The van der Waals surface area contributed by atoms with Gasteiger partial charge in [0.25, 0.3) is 0 Å². The Bertz CT molecular complexity index is 88.5. The van der Waals surface area contributed by atoms with E-state index in [4.69, 9.17) is 15.3 Å². The largest absolute Gasteiger partial charge is 0.343 e. The molecule has 0 aliphatic carbocycles. The van der Waals surface area contributed by atoms with Crippen LogP contribution in [-0.2, 0) is 4.52 Å². The first-order chi connectivity index (χ1) is 3.77. The van der Waals surface area contributed by atoms with E-state index in [1.807, 2.05) is 6.07 Å². The van der Waals surface area contributed by atoms with Gasteiger partial charge in [0, 0.05) is 0 Å². The Labute approximate surface area is 50.3 Å². The Morgan fingerprint density at radius 3 is 2.88 bits per heavy atom.